The lowest BCUT2D eigenvalue weighted by Gasteiger charge is -2.30. The Labute approximate surface area is 165 Å². The van der Waals surface area contributed by atoms with Gasteiger partial charge in [0.2, 0.25) is 0 Å². The maximum absolute atomic E-state index is 12.5. The third-order valence-electron chi connectivity index (χ3n) is 4.13. The first-order valence-electron chi connectivity index (χ1n) is 8.84. The van der Waals surface area contributed by atoms with Crippen molar-refractivity contribution in [3.8, 4) is 11.5 Å². The molecule has 0 aromatic heterocycles. The van der Waals surface area contributed by atoms with E-state index in [9.17, 15) is 18.0 Å². The molecular weight excluding hydrogens is 389 g/mol. The summed E-state index contributed by atoms with van der Waals surface area (Å²) in [6, 6.07) is 17.1. The summed E-state index contributed by atoms with van der Waals surface area (Å²) < 4.78 is 37.5. The van der Waals surface area contributed by atoms with Crippen molar-refractivity contribution in [2.24, 2.45) is 5.73 Å². The first kappa shape index (κ1) is 22.2. The van der Waals surface area contributed by atoms with E-state index < -0.39 is 12.1 Å². The van der Waals surface area contributed by atoms with Gasteiger partial charge in [-0.1, -0.05) is 24.3 Å². The first-order valence-corrected chi connectivity index (χ1v) is 8.84. The van der Waals surface area contributed by atoms with Crippen LogP contribution in [0.5, 0.6) is 11.5 Å². The van der Waals surface area contributed by atoms with Crippen LogP contribution in [0.2, 0.25) is 0 Å². The Morgan fingerprint density at radius 2 is 1.55 bits per heavy atom. The second kappa shape index (κ2) is 9.92. The minimum Gasteiger partial charge on any atom is -0.475 e. The van der Waals surface area contributed by atoms with Crippen LogP contribution in [0.4, 0.5) is 13.2 Å². The highest BCUT2D eigenvalue weighted by Gasteiger charge is 2.38. The van der Waals surface area contributed by atoms with Gasteiger partial charge in [-0.25, -0.2) is 4.79 Å². The van der Waals surface area contributed by atoms with E-state index in [4.69, 9.17) is 20.4 Å². The number of benzene rings is 2. The molecule has 3 N–H and O–H groups in total. The molecule has 2 aromatic rings. The van der Waals surface area contributed by atoms with Crippen molar-refractivity contribution in [1.82, 2.24) is 4.90 Å². The van der Waals surface area contributed by atoms with Gasteiger partial charge in [0, 0.05) is 24.7 Å². The van der Waals surface area contributed by atoms with Gasteiger partial charge in [-0.3, -0.25) is 4.79 Å². The fraction of sp³-hybridized carbons (Fsp3) is 0.300. The number of nitrogens with zero attached hydrogens (tertiary/aromatic N) is 1. The maximum atomic E-state index is 12.5. The average Bonchev–Trinajstić information content (AvgIpc) is 2.69. The van der Waals surface area contributed by atoms with Crippen LogP contribution >= 0.6 is 0 Å². The van der Waals surface area contributed by atoms with Gasteiger partial charge in [-0.15, -0.1) is 0 Å². The summed E-state index contributed by atoms with van der Waals surface area (Å²) in [5.74, 6) is -1.28. The number of carboxylic acids is 1. The Morgan fingerprint density at radius 1 is 1.00 bits per heavy atom. The van der Waals surface area contributed by atoms with Gasteiger partial charge in [-0.05, 0) is 43.2 Å². The van der Waals surface area contributed by atoms with Crippen LogP contribution < -0.4 is 10.5 Å². The van der Waals surface area contributed by atoms with Gasteiger partial charge in [-0.2, -0.15) is 13.2 Å². The number of carbonyl (C=O) groups is 2. The monoisotopic (exact) mass is 410 g/mol. The summed E-state index contributed by atoms with van der Waals surface area (Å²) in [6.45, 7) is 1.45. The molecule has 0 unspecified atom stereocenters. The minimum absolute atomic E-state index is 0.0467. The number of rotatable bonds is 3. The largest absolute Gasteiger partial charge is 0.490 e. The number of hydrogen-bond acceptors (Lipinski definition) is 4. The Hall–Kier alpha value is -3.07. The molecule has 156 valence electrons. The van der Waals surface area contributed by atoms with Crippen LogP contribution in [-0.2, 0) is 4.79 Å². The van der Waals surface area contributed by atoms with E-state index in [1.807, 2.05) is 53.4 Å². The Kier molecular flexibility index (Phi) is 7.60. The normalized spacial score (nSPS) is 14.6. The molecule has 2 aromatic carbocycles. The lowest BCUT2D eigenvalue weighted by atomic mass is 10.0. The summed E-state index contributed by atoms with van der Waals surface area (Å²) in [4.78, 5) is 23.3. The topological polar surface area (TPSA) is 92.9 Å². The van der Waals surface area contributed by atoms with Gasteiger partial charge in [0.1, 0.15) is 11.5 Å². The van der Waals surface area contributed by atoms with Gasteiger partial charge in [0.25, 0.3) is 5.91 Å². The molecule has 0 spiro atoms. The van der Waals surface area contributed by atoms with E-state index in [2.05, 4.69) is 0 Å². The van der Waals surface area contributed by atoms with E-state index in [-0.39, 0.29) is 11.9 Å². The molecule has 29 heavy (non-hydrogen) atoms. The van der Waals surface area contributed by atoms with Gasteiger partial charge in [0.05, 0.1) is 0 Å². The number of carbonyl (C=O) groups excluding carboxylic acids is 1. The molecule has 0 bridgehead atoms. The average molecular weight is 410 g/mol. The number of nitrogens with two attached hydrogens (primary N) is 1. The highest BCUT2D eigenvalue weighted by molar-refractivity contribution is 5.94. The number of para-hydroxylation sites is 1. The number of likely N-dealkylation sites (tertiary alicyclic amines) is 1. The Morgan fingerprint density at radius 3 is 2.10 bits per heavy atom. The van der Waals surface area contributed by atoms with Crippen molar-refractivity contribution in [3.05, 3.63) is 60.2 Å². The molecule has 1 aliphatic heterocycles. The number of aliphatic carboxylic acids is 1. The molecular formula is C20H21F3N2O4. The quantitative estimate of drug-likeness (QED) is 0.805. The zero-order valence-electron chi connectivity index (χ0n) is 15.4. The third-order valence-corrected chi connectivity index (χ3v) is 4.13. The smallest absolute Gasteiger partial charge is 0.475 e. The fourth-order valence-corrected chi connectivity index (χ4v) is 2.60. The number of ether oxygens (including phenoxy) is 1. The number of carboxylic acid groups (broad SMARTS) is 1. The van der Waals surface area contributed by atoms with Crippen molar-refractivity contribution in [2.75, 3.05) is 13.1 Å². The summed E-state index contributed by atoms with van der Waals surface area (Å²) >= 11 is 0. The van der Waals surface area contributed by atoms with Crippen molar-refractivity contribution in [3.63, 3.8) is 0 Å². The lowest BCUT2D eigenvalue weighted by Crippen LogP contribution is -2.42. The van der Waals surface area contributed by atoms with Gasteiger partial charge >= 0.3 is 12.1 Å². The van der Waals surface area contributed by atoms with Crippen molar-refractivity contribution in [1.29, 1.82) is 0 Å². The number of piperidine rings is 1. The number of alkyl halides is 3. The fourth-order valence-electron chi connectivity index (χ4n) is 2.60. The summed E-state index contributed by atoms with van der Waals surface area (Å²) in [7, 11) is 0. The van der Waals surface area contributed by atoms with E-state index in [0.29, 0.717) is 11.3 Å². The molecule has 0 saturated carbocycles. The highest BCUT2D eigenvalue weighted by Crippen LogP contribution is 2.23. The zero-order chi connectivity index (χ0) is 21.4. The first-order chi connectivity index (χ1) is 13.7. The van der Waals surface area contributed by atoms with E-state index >= 15 is 0 Å². The predicted molar refractivity (Wildman–Crippen MR) is 99.8 cm³/mol. The lowest BCUT2D eigenvalue weighted by molar-refractivity contribution is -0.192. The molecule has 9 heteroatoms. The maximum Gasteiger partial charge on any atom is 0.490 e. The molecule has 1 saturated heterocycles. The molecule has 0 aliphatic carbocycles. The number of halogens is 3. The molecule has 3 rings (SSSR count). The summed E-state index contributed by atoms with van der Waals surface area (Å²) in [6.07, 6.45) is -3.35. The van der Waals surface area contributed by atoms with Gasteiger partial charge in [0.15, 0.2) is 0 Å². The van der Waals surface area contributed by atoms with E-state index in [0.717, 1.165) is 31.7 Å². The Bertz CT molecular complexity index is 820. The summed E-state index contributed by atoms with van der Waals surface area (Å²) in [5, 5.41) is 7.12. The van der Waals surface area contributed by atoms with Crippen LogP contribution in [-0.4, -0.2) is 47.2 Å². The van der Waals surface area contributed by atoms with Crippen LogP contribution in [0.25, 0.3) is 0 Å². The van der Waals surface area contributed by atoms with Crippen LogP contribution in [0.1, 0.15) is 23.2 Å². The molecule has 1 aliphatic rings. The van der Waals surface area contributed by atoms with Crippen LogP contribution in [0.15, 0.2) is 54.6 Å². The summed E-state index contributed by atoms with van der Waals surface area (Å²) in [5.41, 5.74) is 6.54. The number of amides is 1. The van der Waals surface area contributed by atoms with Crippen molar-refractivity contribution < 1.29 is 32.6 Å². The standard InChI is InChI=1S/C18H20N2O2.C2HF3O2/c19-15-9-11-20(12-10-15)18(21)14-5-4-8-17(13-14)22-16-6-2-1-3-7-16;3-2(4,5)1(6)7/h1-8,13,15H,9-12,19H2;(H,6,7). The minimum atomic E-state index is -5.08. The Balaban J connectivity index is 0.000000370. The molecule has 0 radical (unpaired) electrons. The SMILES string of the molecule is NC1CCN(C(=O)c2cccc(Oc3ccccc3)c2)CC1.O=C(O)C(F)(F)F. The molecule has 1 amide bonds. The second-order valence-electron chi connectivity index (χ2n) is 6.38. The van der Waals surface area contributed by atoms with Crippen molar-refractivity contribution in [2.45, 2.75) is 25.1 Å². The predicted octanol–water partition coefficient (Wildman–Crippen LogP) is 3.68. The van der Waals surface area contributed by atoms with Crippen molar-refractivity contribution >= 4 is 11.9 Å². The number of hydrogen-bond donors (Lipinski definition) is 2. The molecule has 1 heterocycles. The third kappa shape index (κ3) is 7.11. The molecule has 6 nitrogen and oxygen atoms in total. The zero-order valence-corrected chi connectivity index (χ0v) is 15.4. The van der Waals surface area contributed by atoms with E-state index in [1.54, 1.807) is 6.07 Å². The highest BCUT2D eigenvalue weighted by atomic mass is 19.4. The van der Waals surface area contributed by atoms with Gasteiger partial charge < -0.3 is 20.5 Å². The molecule has 1 fully saturated rings. The van der Waals surface area contributed by atoms with E-state index in [1.165, 1.54) is 0 Å². The second-order valence-corrected chi connectivity index (χ2v) is 6.38. The van der Waals surface area contributed by atoms with Crippen LogP contribution in [0, 0.1) is 0 Å². The molecule has 0 atom stereocenters. The van der Waals surface area contributed by atoms with Crippen LogP contribution in [0.3, 0.4) is 0 Å².